The van der Waals surface area contributed by atoms with Gasteiger partial charge in [0.05, 0.1) is 12.5 Å². The third kappa shape index (κ3) is 4.24. The van der Waals surface area contributed by atoms with Crippen LogP contribution in [0.4, 0.5) is 0 Å². The van der Waals surface area contributed by atoms with Gasteiger partial charge in [0.25, 0.3) is 0 Å². The van der Waals surface area contributed by atoms with Gasteiger partial charge in [-0.1, -0.05) is 51.5 Å². The third-order valence-electron chi connectivity index (χ3n) is 8.03. The number of carbonyl (C=O) groups excluding carboxylic acids is 1. The molecule has 3 atom stereocenters. The fourth-order valence-corrected chi connectivity index (χ4v) is 6.18. The van der Waals surface area contributed by atoms with Crippen LogP contribution in [0, 0.1) is 28.6 Å². The van der Waals surface area contributed by atoms with Gasteiger partial charge in [0.1, 0.15) is 17.1 Å². The summed E-state index contributed by atoms with van der Waals surface area (Å²) in [4.78, 5) is 13.7. The lowest BCUT2D eigenvalue weighted by Crippen LogP contribution is -2.52. The predicted octanol–water partition coefficient (Wildman–Crippen LogP) is 7.55. The summed E-state index contributed by atoms with van der Waals surface area (Å²) in [6.07, 6.45) is 11.0. The molecule has 1 aliphatic heterocycles. The Morgan fingerprint density at radius 3 is 2.34 bits per heavy atom. The van der Waals surface area contributed by atoms with Crippen molar-refractivity contribution < 1.29 is 14.3 Å². The smallest absolute Gasteiger partial charge is 0.191 e. The fraction of sp³-hybridized carbons (Fsp3) is 0.690. The van der Waals surface area contributed by atoms with E-state index in [0.29, 0.717) is 5.92 Å². The Labute approximate surface area is 196 Å². The Balaban J connectivity index is 2.19. The normalized spacial score (nSPS) is 35.2. The van der Waals surface area contributed by atoms with E-state index in [1.54, 1.807) is 7.11 Å². The third-order valence-corrected chi connectivity index (χ3v) is 8.03. The van der Waals surface area contributed by atoms with Crippen LogP contribution >= 0.6 is 0 Å². The van der Waals surface area contributed by atoms with Crippen LogP contribution in [0.25, 0.3) is 0 Å². The highest BCUT2D eigenvalue weighted by molar-refractivity contribution is 6.10. The van der Waals surface area contributed by atoms with Gasteiger partial charge in [-0.15, -0.1) is 0 Å². The number of Topliss-reactive ketones (excluding diaryl/α,β-unsaturated/α-hetero) is 1. The molecule has 178 valence electrons. The number of rotatable bonds is 2. The SMILES string of the molecule is COC1=C(C)C(=O)C2=C(O[C@]3(C)C/C=C/C(C)(C)C/C=C(\C)CC[C@H]3[C@H]2C(C)C)C1(C)C. The van der Waals surface area contributed by atoms with Gasteiger partial charge in [0.2, 0.25) is 0 Å². The van der Waals surface area contributed by atoms with E-state index in [2.05, 4.69) is 73.6 Å². The summed E-state index contributed by atoms with van der Waals surface area (Å²) in [6, 6.07) is 0. The topological polar surface area (TPSA) is 35.5 Å². The number of carbonyl (C=O) groups is 1. The maximum Gasteiger partial charge on any atom is 0.191 e. The second kappa shape index (κ2) is 8.54. The van der Waals surface area contributed by atoms with Crippen molar-refractivity contribution in [2.75, 3.05) is 7.11 Å². The minimum atomic E-state index is -0.464. The summed E-state index contributed by atoms with van der Waals surface area (Å²) in [6.45, 7) is 19.8. The van der Waals surface area contributed by atoms with Gasteiger partial charge in [-0.2, -0.15) is 0 Å². The van der Waals surface area contributed by atoms with Crippen LogP contribution in [0.5, 0.6) is 0 Å². The lowest BCUT2D eigenvalue weighted by Gasteiger charge is -2.53. The Bertz CT molecular complexity index is 893. The molecular formula is C29H44O3. The first-order chi connectivity index (χ1) is 14.7. The van der Waals surface area contributed by atoms with Gasteiger partial charge in [0, 0.05) is 29.4 Å². The molecule has 0 saturated carbocycles. The summed E-state index contributed by atoms with van der Waals surface area (Å²) in [5, 5.41) is 0. The molecule has 0 aromatic carbocycles. The summed E-state index contributed by atoms with van der Waals surface area (Å²) >= 11 is 0. The van der Waals surface area contributed by atoms with E-state index in [1.807, 2.05) is 6.92 Å². The van der Waals surface area contributed by atoms with Crippen molar-refractivity contribution in [2.24, 2.45) is 28.6 Å². The highest BCUT2D eigenvalue weighted by Crippen LogP contribution is 2.56. The molecule has 0 N–H and O–H groups in total. The zero-order valence-corrected chi connectivity index (χ0v) is 22.0. The number of fused-ring (bicyclic) bond motifs is 1. The van der Waals surface area contributed by atoms with E-state index >= 15 is 0 Å². The second-order valence-corrected chi connectivity index (χ2v) is 12.0. The van der Waals surface area contributed by atoms with Crippen LogP contribution in [-0.2, 0) is 14.3 Å². The minimum absolute atomic E-state index is 0.107. The molecule has 32 heavy (non-hydrogen) atoms. The highest BCUT2D eigenvalue weighted by atomic mass is 16.5. The quantitative estimate of drug-likeness (QED) is 0.416. The minimum Gasteiger partial charge on any atom is -0.500 e. The zero-order chi connectivity index (χ0) is 24.1. The fourth-order valence-electron chi connectivity index (χ4n) is 6.18. The summed E-state index contributed by atoms with van der Waals surface area (Å²) in [7, 11) is 1.67. The van der Waals surface area contributed by atoms with Gasteiger partial charge >= 0.3 is 0 Å². The van der Waals surface area contributed by atoms with Crippen molar-refractivity contribution in [3.05, 3.63) is 46.5 Å². The van der Waals surface area contributed by atoms with Crippen LogP contribution in [0.1, 0.15) is 88.0 Å². The Kier molecular flexibility index (Phi) is 6.63. The molecule has 0 aromatic rings. The lowest BCUT2D eigenvalue weighted by molar-refractivity contribution is -0.125. The molecule has 3 aliphatic rings. The molecule has 0 radical (unpaired) electrons. The van der Waals surface area contributed by atoms with E-state index < -0.39 is 5.41 Å². The molecule has 0 aromatic heterocycles. The Morgan fingerprint density at radius 1 is 1.09 bits per heavy atom. The van der Waals surface area contributed by atoms with Gasteiger partial charge in [-0.25, -0.2) is 0 Å². The second-order valence-electron chi connectivity index (χ2n) is 12.0. The maximum atomic E-state index is 13.7. The van der Waals surface area contributed by atoms with E-state index in [1.165, 1.54) is 5.57 Å². The molecule has 0 saturated heterocycles. The van der Waals surface area contributed by atoms with Crippen molar-refractivity contribution in [1.82, 2.24) is 0 Å². The molecule has 3 rings (SSSR count). The average Bonchev–Trinajstić information content (AvgIpc) is 2.70. The molecular weight excluding hydrogens is 396 g/mol. The van der Waals surface area contributed by atoms with E-state index in [4.69, 9.17) is 9.47 Å². The summed E-state index contributed by atoms with van der Waals surface area (Å²) in [5.41, 5.74) is 2.35. The standard InChI is InChI=1S/C29H44O3/c1-18(2)22-21-13-12-19(3)14-17-27(5,6)15-11-16-29(21,9)32-26-23(22)24(30)20(4)25(31-10)28(26,7)8/h11,14-15,18,21-22H,12-13,16-17H2,1-10H3/b15-11+,19-14+/t21-,22+,29+/m0/s1. The molecule has 2 aliphatic carbocycles. The van der Waals surface area contributed by atoms with Gasteiger partial charge in [0.15, 0.2) is 5.78 Å². The first kappa shape index (κ1) is 24.9. The molecule has 3 heteroatoms. The number of hydrogen-bond acceptors (Lipinski definition) is 3. The summed E-state index contributed by atoms with van der Waals surface area (Å²) < 4.78 is 12.7. The monoisotopic (exact) mass is 440 g/mol. The van der Waals surface area contributed by atoms with Crippen molar-refractivity contribution >= 4 is 5.78 Å². The molecule has 0 bridgehead atoms. The Morgan fingerprint density at radius 2 is 1.75 bits per heavy atom. The molecule has 0 amide bonds. The van der Waals surface area contributed by atoms with Crippen LogP contribution in [0.2, 0.25) is 0 Å². The number of allylic oxidation sites excluding steroid dienone is 5. The first-order valence-electron chi connectivity index (χ1n) is 12.3. The number of methoxy groups -OCH3 is 1. The first-order valence-corrected chi connectivity index (χ1v) is 12.3. The van der Waals surface area contributed by atoms with E-state index in [0.717, 1.165) is 48.3 Å². The zero-order valence-electron chi connectivity index (χ0n) is 22.0. The molecule has 1 heterocycles. The van der Waals surface area contributed by atoms with Crippen LogP contribution in [-0.4, -0.2) is 18.5 Å². The molecule has 3 nitrogen and oxygen atoms in total. The highest BCUT2D eigenvalue weighted by Gasteiger charge is 2.55. The van der Waals surface area contributed by atoms with E-state index in [9.17, 15) is 4.79 Å². The van der Waals surface area contributed by atoms with E-state index in [-0.39, 0.29) is 28.6 Å². The van der Waals surface area contributed by atoms with Gasteiger partial charge in [-0.05, 0) is 65.2 Å². The average molecular weight is 441 g/mol. The lowest BCUT2D eigenvalue weighted by atomic mass is 9.61. The van der Waals surface area contributed by atoms with Crippen molar-refractivity contribution in [3.63, 3.8) is 0 Å². The van der Waals surface area contributed by atoms with Crippen LogP contribution < -0.4 is 0 Å². The predicted molar refractivity (Wildman–Crippen MR) is 132 cm³/mol. The van der Waals surface area contributed by atoms with Gasteiger partial charge in [-0.3, -0.25) is 4.79 Å². The number of ether oxygens (including phenoxy) is 2. The Hall–Kier alpha value is -1.77. The van der Waals surface area contributed by atoms with Crippen LogP contribution in [0.15, 0.2) is 46.5 Å². The van der Waals surface area contributed by atoms with Crippen LogP contribution in [0.3, 0.4) is 0 Å². The number of hydrogen-bond donors (Lipinski definition) is 0. The van der Waals surface area contributed by atoms with Gasteiger partial charge < -0.3 is 9.47 Å². The van der Waals surface area contributed by atoms with Crippen molar-refractivity contribution in [1.29, 1.82) is 0 Å². The van der Waals surface area contributed by atoms with Crippen molar-refractivity contribution in [3.8, 4) is 0 Å². The number of ketones is 1. The molecule has 0 unspecified atom stereocenters. The molecule has 0 fully saturated rings. The summed E-state index contributed by atoms with van der Waals surface area (Å²) in [5.74, 6) is 2.45. The maximum absolute atomic E-state index is 13.7. The van der Waals surface area contributed by atoms with Crippen molar-refractivity contribution in [2.45, 2.75) is 93.6 Å². The molecule has 0 spiro atoms. The largest absolute Gasteiger partial charge is 0.500 e.